The van der Waals surface area contributed by atoms with Crippen LogP contribution in [0.3, 0.4) is 0 Å². The van der Waals surface area contributed by atoms with Crippen LogP contribution in [0, 0.1) is 12.8 Å². The molecule has 0 saturated carbocycles. The van der Waals surface area contributed by atoms with Crippen LogP contribution in [0.1, 0.15) is 42.2 Å². The molecule has 1 amide bonds. The van der Waals surface area contributed by atoms with E-state index in [0.717, 1.165) is 43.1 Å². The quantitative estimate of drug-likeness (QED) is 0.788. The molecule has 88 valence electrons. The second-order valence-corrected chi connectivity index (χ2v) is 4.74. The summed E-state index contributed by atoms with van der Waals surface area (Å²) in [6, 6.07) is 0. The third-order valence-corrected chi connectivity index (χ3v) is 3.36. The Hall–Kier alpha value is -1.32. The fourth-order valence-electron chi connectivity index (χ4n) is 2.20. The fraction of sp³-hybridized carbons (Fsp3) is 0.667. The Kier molecular flexibility index (Phi) is 3.27. The molecule has 1 atom stereocenters. The van der Waals surface area contributed by atoms with Crippen molar-refractivity contribution in [3.63, 3.8) is 0 Å². The zero-order valence-corrected chi connectivity index (χ0v) is 9.99. The highest BCUT2D eigenvalue weighted by Gasteiger charge is 2.21. The summed E-state index contributed by atoms with van der Waals surface area (Å²) in [4.78, 5) is 14.2. The van der Waals surface area contributed by atoms with Crippen molar-refractivity contribution in [2.24, 2.45) is 5.92 Å². The number of aromatic amines is 1. The van der Waals surface area contributed by atoms with Gasteiger partial charge in [0.2, 0.25) is 0 Å². The van der Waals surface area contributed by atoms with Crippen LogP contribution in [0.25, 0.3) is 0 Å². The lowest BCUT2D eigenvalue weighted by molar-refractivity contribution is 0.0759. The van der Waals surface area contributed by atoms with Crippen LogP contribution in [0.4, 0.5) is 0 Å². The number of nitrogens with one attached hydrogen (secondary N) is 1. The van der Waals surface area contributed by atoms with Gasteiger partial charge >= 0.3 is 0 Å². The lowest BCUT2D eigenvalue weighted by Crippen LogP contribution is -2.32. The molecule has 16 heavy (non-hydrogen) atoms. The number of carbonyl (C=O) groups excluding carboxylic acids is 1. The SMILES string of the molecule is Cc1[nH]ncc1C(=O)N1CCCC(C)CC1. The first-order valence-corrected chi connectivity index (χ1v) is 5.97. The summed E-state index contributed by atoms with van der Waals surface area (Å²) >= 11 is 0. The maximum absolute atomic E-state index is 12.2. The molecule has 1 aliphatic heterocycles. The van der Waals surface area contributed by atoms with Crippen LogP contribution < -0.4 is 0 Å². The van der Waals surface area contributed by atoms with Gasteiger partial charge in [0.15, 0.2) is 0 Å². The molecule has 1 unspecified atom stereocenters. The van der Waals surface area contributed by atoms with Crippen LogP contribution in [0.2, 0.25) is 0 Å². The number of H-pyrrole nitrogens is 1. The Bertz CT molecular complexity index is 372. The van der Waals surface area contributed by atoms with E-state index in [4.69, 9.17) is 0 Å². The first-order valence-electron chi connectivity index (χ1n) is 5.97. The highest BCUT2D eigenvalue weighted by atomic mass is 16.2. The number of carbonyl (C=O) groups is 1. The maximum Gasteiger partial charge on any atom is 0.257 e. The van der Waals surface area contributed by atoms with Crippen LogP contribution in [-0.4, -0.2) is 34.1 Å². The Morgan fingerprint density at radius 1 is 1.50 bits per heavy atom. The third-order valence-electron chi connectivity index (χ3n) is 3.36. The van der Waals surface area contributed by atoms with E-state index < -0.39 is 0 Å². The maximum atomic E-state index is 12.2. The van der Waals surface area contributed by atoms with Crippen molar-refractivity contribution < 1.29 is 4.79 Å². The fourth-order valence-corrected chi connectivity index (χ4v) is 2.20. The van der Waals surface area contributed by atoms with Crippen LogP contribution in [-0.2, 0) is 0 Å². The summed E-state index contributed by atoms with van der Waals surface area (Å²) in [6.07, 6.45) is 5.09. The molecule has 4 heteroatoms. The molecule has 4 nitrogen and oxygen atoms in total. The van der Waals surface area contributed by atoms with Gasteiger partial charge in [-0.2, -0.15) is 5.10 Å². The monoisotopic (exact) mass is 221 g/mol. The number of likely N-dealkylation sites (tertiary alicyclic amines) is 1. The highest BCUT2D eigenvalue weighted by molar-refractivity contribution is 5.95. The highest BCUT2D eigenvalue weighted by Crippen LogP contribution is 2.18. The Morgan fingerprint density at radius 3 is 3.00 bits per heavy atom. The molecule has 0 radical (unpaired) electrons. The Morgan fingerprint density at radius 2 is 2.31 bits per heavy atom. The largest absolute Gasteiger partial charge is 0.339 e. The van der Waals surface area contributed by atoms with Gasteiger partial charge in [0, 0.05) is 18.8 Å². The van der Waals surface area contributed by atoms with Crippen molar-refractivity contribution in [3.05, 3.63) is 17.5 Å². The molecule has 1 aromatic heterocycles. The molecule has 1 saturated heterocycles. The molecule has 0 bridgehead atoms. The van der Waals surface area contributed by atoms with E-state index in [-0.39, 0.29) is 5.91 Å². The molecule has 2 rings (SSSR count). The molecule has 1 fully saturated rings. The normalized spacial score (nSPS) is 21.9. The average Bonchev–Trinajstić information content (AvgIpc) is 2.56. The first-order chi connectivity index (χ1) is 7.68. The molecule has 1 N–H and O–H groups in total. The van der Waals surface area contributed by atoms with Crippen molar-refractivity contribution in [3.8, 4) is 0 Å². The van der Waals surface area contributed by atoms with E-state index in [1.54, 1.807) is 6.20 Å². The summed E-state index contributed by atoms with van der Waals surface area (Å²) in [6.45, 7) is 5.91. The van der Waals surface area contributed by atoms with Gasteiger partial charge in [-0.3, -0.25) is 9.89 Å². The standard InChI is InChI=1S/C12H19N3O/c1-9-4-3-6-15(7-5-9)12(16)11-8-13-14-10(11)2/h8-9H,3-7H2,1-2H3,(H,13,14). The minimum Gasteiger partial charge on any atom is -0.339 e. The lowest BCUT2D eigenvalue weighted by atomic mass is 10.0. The number of aryl methyl sites for hydroxylation is 1. The van der Waals surface area contributed by atoms with Gasteiger partial charge in [-0.25, -0.2) is 0 Å². The van der Waals surface area contributed by atoms with Gasteiger partial charge in [0.1, 0.15) is 0 Å². The van der Waals surface area contributed by atoms with Crippen LogP contribution in [0.15, 0.2) is 6.20 Å². The Labute approximate surface area is 96.0 Å². The predicted octanol–water partition coefficient (Wildman–Crippen LogP) is 1.98. The van der Waals surface area contributed by atoms with Crippen LogP contribution >= 0.6 is 0 Å². The van der Waals surface area contributed by atoms with Crippen LogP contribution in [0.5, 0.6) is 0 Å². The summed E-state index contributed by atoms with van der Waals surface area (Å²) in [5.41, 5.74) is 1.58. The summed E-state index contributed by atoms with van der Waals surface area (Å²) in [5, 5.41) is 6.72. The lowest BCUT2D eigenvalue weighted by Gasteiger charge is -2.19. The number of hydrogen-bond donors (Lipinski definition) is 1. The number of hydrogen-bond acceptors (Lipinski definition) is 2. The average molecular weight is 221 g/mol. The molecular weight excluding hydrogens is 202 g/mol. The minimum atomic E-state index is 0.125. The van der Waals surface area contributed by atoms with Gasteiger partial charge in [-0.15, -0.1) is 0 Å². The van der Waals surface area contributed by atoms with E-state index in [2.05, 4.69) is 17.1 Å². The Balaban J connectivity index is 2.07. The van der Waals surface area contributed by atoms with Gasteiger partial charge in [0.25, 0.3) is 5.91 Å². The zero-order chi connectivity index (χ0) is 11.5. The second kappa shape index (κ2) is 4.68. The van der Waals surface area contributed by atoms with Crippen molar-refractivity contribution >= 4 is 5.91 Å². The van der Waals surface area contributed by atoms with Gasteiger partial charge in [0.05, 0.1) is 11.8 Å². The van der Waals surface area contributed by atoms with Crippen molar-refractivity contribution in [2.75, 3.05) is 13.1 Å². The van der Waals surface area contributed by atoms with E-state index >= 15 is 0 Å². The van der Waals surface area contributed by atoms with E-state index in [0.29, 0.717) is 0 Å². The van der Waals surface area contributed by atoms with E-state index in [9.17, 15) is 4.79 Å². The summed E-state index contributed by atoms with van der Waals surface area (Å²) in [5.74, 6) is 0.864. The topological polar surface area (TPSA) is 49.0 Å². The van der Waals surface area contributed by atoms with Crippen molar-refractivity contribution in [1.29, 1.82) is 0 Å². The molecule has 0 aromatic carbocycles. The van der Waals surface area contributed by atoms with E-state index in [1.807, 2.05) is 11.8 Å². The molecule has 2 heterocycles. The molecule has 0 spiro atoms. The molecular formula is C12H19N3O. The van der Waals surface area contributed by atoms with E-state index in [1.165, 1.54) is 6.42 Å². The summed E-state index contributed by atoms with van der Waals surface area (Å²) in [7, 11) is 0. The van der Waals surface area contributed by atoms with Gasteiger partial charge in [-0.05, 0) is 32.1 Å². The third kappa shape index (κ3) is 2.26. The molecule has 1 aromatic rings. The first kappa shape index (κ1) is 11.2. The summed E-state index contributed by atoms with van der Waals surface area (Å²) < 4.78 is 0. The number of rotatable bonds is 1. The second-order valence-electron chi connectivity index (χ2n) is 4.74. The van der Waals surface area contributed by atoms with Gasteiger partial charge in [-0.1, -0.05) is 6.92 Å². The molecule has 1 aliphatic rings. The minimum absolute atomic E-state index is 0.125. The number of amides is 1. The predicted molar refractivity (Wildman–Crippen MR) is 62.2 cm³/mol. The molecule has 0 aliphatic carbocycles. The number of aromatic nitrogens is 2. The van der Waals surface area contributed by atoms with Gasteiger partial charge < -0.3 is 4.90 Å². The zero-order valence-electron chi connectivity index (χ0n) is 9.99. The van der Waals surface area contributed by atoms with Crippen molar-refractivity contribution in [1.82, 2.24) is 15.1 Å². The van der Waals surface area contributed by atoms with Crippen molar-refractivity contribution in [2.45, 2.75) is 33.1 Å². The number of nitrogens with zero attached hydrogens (tertiary/aromatic N) is 2. The smallest absolute Gasteiger partial charge is 0.257 e.